The minimum Gasteiger partial charge on any atom is -0.487 e. The third-order valence-corrected chi connectivity index (χ3v) is 3.97. The molecule has 0 radical (unpaired) electrons. The Hall–Kier alpha value is -3.48. The number of aryl methyl sites for hydroxylation is 1. The summed E-state index contributed by atoms with van der Waals surface area (Å²) in [5.74, 6) is 0.665. The molecule has 1 aliphatic carbocycles. The van der Waals surface area contributed by atoms with Gasteiger partial charge in [-0.15, -0.1) is 0 Å². The summed E-state index contributed by atoms with van der Waals surface area (Å²) in [4.78, 5) is 16.5. The number of allylic oxidation sites excluding steroid dienone is 5. The van der Waals surface area contributed by atoms with Gasteiger partial charge in [-0.25, -0.2) is 4.68 Å². The first-order chi connectivity index (χ1) is 12.7. The average Bonchev–Trinajstić information content (AvgIpc) is 2.84. The number of hydrogen-bond donors (Lipinski definition) is 0. The number of ether oxygens (including phenoxy) is 1. The quantitative estimate of drug-likeness (QED) is 0.846. The maximum Gasteiger partial charge on any atom is 0.206 e. The first-order valence-corrected chi connectivity index (χ1v) is 8.20. The van der Waals surface area contributed by atoms with Gasteiger partial charge in [-0.05, 0) is 29.9 Å². The molecule has 3 heterocycles. The van der Waals surface area contributed by atoms with Gasteiger partial charge in [0.1, 0.15) is 23.7 Å². The molecule has 0 spiro atoms. The van der Waals surface area contributed by atoms with E-state index >= 15 is 0 Å². The van der Waals surface area contributed by atoms with E-state index in [-0.39, 0.29) is 18.1 Å². The summed E-state index contributed by atoms with van der Waals surface area (Å²) in [6.45, 7) is 0.0844. The number of aliphatic imine (C=N–C) groups is 1. The number of nitrogens with zero attached hydrogens (tertiary/aromatic N) is 5. The molecular weight excluding hydrogens is 330 g/mol. The van der Waals surface area contributed by atoms with E-state index in [1.165, 1.54) is 6.07 Å². The van der Waals surface area contributed by atoms with Crippen molar-refractivity contribution in [3.05, 3.63) is 88.4 Å². The highest BCUT2D eigenvalue weighted by Gasteiger charge is 2.10. The number of fused-ring (bicyclic) bond motifs is 1. The van der Waals surface area contributed by atoms with Crippen LogP contribution in [-0.2, 0) is 18.4 Å². The van der Waals surface area contributed by atoms with Crippen LogP contribution in [0.3, 0.4) is 0 Å². The largest absolute Gasteiger partial charge is 0.487 e. The molecule has 0 aromatic carbocycles. The molecule has 4 rings (SSSR count). The molecule has 2 aromatic heterocycles. The van der Waals surface area contributed by atoms with E-state index in [0.29, 0.717) is 11.5 Å². The van der Waals surface area contributed by atoms with Crippen molar-refractivity contribution in [3.63, 3.8) is 0 Å². The number of rotatable bonds is 4. The van der Waals surface area contributed by atoms with E-state index in [0.717, 1.165) is 11.3 Å². The lowest BCUT2D eigenvalue weighted by Crippen LogP contribution is -2.16. The van der Waals surface area contributed by atoms with Crippen molar-refractivity contribution >= 4 is 6.21 Å². The molecule has 0 N–H and O–H groups in total. The zero-order valence-corrected chi connectivity index (χ0v) is 14.2. The highest BCUT2D eigenvalue weighted by Crippen LogP contribution is 2.17. The molecule has 2 aliphatic rings. The summed E-state index contributed by atoms with van der Waals surface area (Å²) in [5, 5.41) is 8.49. The van der Waals surface area contributed by atoms with Crippen LogP contribution in [0, 0.1) is 0 Å². The predicted octanol–water partition coefficient (Wildman–Crippen LogP) is 1.87. The Balaban J connectivity index is 1.54. The van der Waals surface area contributed by atoms with Crippen LogP contribution in [0.2, 0.25) is 0 Å². The normalized spacial score (nSPS) is 18.1. The van der Waals surface area contributed by atoms with Crippen LogP contribution in [0.1, 0.15) is 5.69 Å². The van der Waals surface area contributed by atoms with Gasteiger partial charge < -0.3 is 4.74 Å². The van der Waals surface area contributed by atoms with Gasteiger partial charge in [-0.1, -0.05) is 12.2 Å². The number of hydrogen-bond acceptors (Lipinski definition) is 5. The van der Waals surface area contributed by atoms with Gasteiger partial charge in [-0.2, -0.15) is 10.2 Å². The maximum absolute atomic E-state index is 12.1. The van der Waals surface area contributed by atoms with Crippen molar-refractivity contribution in [1.29, 1.82) is 0 Å². The van der Waals surface area contributed by atoms with Gasteiger partial charge in [0, 0.05) is 25.5 Å². The lowest BCUT2D eigenvalue weighted by Gasteiger charge is -2.08. The topological polar surface area (TPSA) is 74.3 Å². The Morgan fingerprint density at radius 1 is 1.31 bits per heavy atom. The molecule has 7 heteroatoms. The van der Waals surface area contributed by atoms with Gasteiger partial charge in [0.05, 0.1) is 18.4 Å². The Bertz CT molecular complexity index is 1040. The second-order valence-corrected chi connectivity index (χ2v) is 5.95. The van der Waals surface area contributed by atoms with Gasteiger partial charge in [-0.3, -0.25) is 14.5 Å². The van der Waals surface area contributed by atoms with Crippen molar-refractivity contribution in [2.24, 2.45) is 12.0 Å². The monoisotopic (exact) mass is 347 g/mol. The second-order valence-electron chi connectivity index (χ2n) is 5.95. The molecular formula is C19H17N5O2. The molecule has 26 heavy (non-hydrogen) atoms. The number of aromatic nitrogens is 4. The molecule has 2 aromatic rings. The highest BCUT2D eigenvalue weighted by molar-refractivity contribution is 5.74. The lowest BCUT2D eigenvalue weighted by atomic mass is 10.2. The second kappa shape index (κ2) is 6.79. The first kappa shape index (κ1) is 16.0. The molecule has 0 saturated carbocycles. The minimum atomic E-state index is -0.164. The van der Waals surface area contributed by atoms with Crippen molar-refractivity contribution < 1.29 is 4.74 Å². The molecule has 2 bridgehead atoms. The maximum atomic E-state index is 12.1. The van der Waals surface area contributed by atoms with Crippen LogP contribution >= 0.6 is 0 Å². The minimum absolute atomic E-state index is 0.00462. The van der Waals surface area contributed by atoms with Crippen LogP contribution in [0.15, 0.2) is 82.2 Å². The predicted molar refractivity (Wildman–Crippen MR) is 98.1 cm³/mol. The molecule has 1 unspecified atom stereocenters. The highest BCUT2D eigenvalue weighted by atomic mass is 16.5. The first-order valence-electron chi connectivity index (χ1n) is 8.20. The molecule has 0 saturated heterocycles. The van der Waals surface area contributed by atoms with Crippen molar-refractivity contribution in [1.82, 2.24) is 19.6 Å². The zero-order valence-electron chi connectivity index (χ0n) is 14.2. The van der Waals surface area contributed by atoms with Crippen molar-refractivity contribution in [2.75, 3.05) is 0 Å². The standard InChI is InChI=1S/C19H17N5O2/c1-23-12-16(11-21-23)24-8-6-19(25)18(22-24)13-26-17-5-4-15-9-14(10-17)3-2-7-20-15/h2-12,15H,13H2,1H3. The Morgan fingerprint density at radius 3 is 3.08 bits per heavy atom. The molecule has 7 nitrogen and oxygen atoms in total. The molecule has 130 valence electrons. The zero-order chi connectivity index (χ0) is 17.9. The molecule has 0 amide bonds. The van der Waals surface area contributed by atoms with E-state index in [2.05, 4.69) is 15.2 Å². The van der Waals surface area contributed by atoms with Crippen LogP contribution in [0.25, 0.3) is 5.69 Å². The summed E-state index contributed by atoms with van der Waals surface area (Å²) in [6, 6.07) is 1.47. The molecule has 1 atom stereocenters. The smallest absolute Gasteiger partial charge is 0.206 e. The van der Waals surface area contributed by atoms with Crippen LogP contribution in [0.4, 0.5) is 0 Å². The average molecular weight is 347 g/mol. The van der Waals surface area contributed by atoms with E-state index < -0.39 is 0 Å². The van der Waals surface area contributed by atoms with Gasteiger partial charge in [0.15, 0.2) is 0 Å². The Morgan fingerprint density at radius 2 is 2.23 bits per heavy atom. The fourth-order valence-corrected chi connectivity index (χ4v) is 2.67. The van der Waals surface area contributed by atoms with Crippen LogP contribution in [-0.4, -0.2) is 31.8 Å². The third-order valence-electron chi connectivity index (χ3n) is 3.97. The SMILES string of the molecule is Cn1cc(-n2ccc(=O)c(COC3=CC4=CC(C=C3)N=CC=C4)n2)cn1. The Kier molecular flexibility index (Phi) is 4.18. The van der Waals surface area contributed by atoms with E-state index in [1.54, 1.807) is 28.0 Å². The summed E-state index contributed by atoms with van der Waals surface area (Å²) < 4.78 is 9.12. The summed E-state index contributed by atoms with van der Waals surface area (Å²) in [7, 11) is 1.83. The third kappa shape index (κ3) is 3.46. The van der Waals surface area contributed by atoms with E-state index in [1.807, 2.05) is 49.7 Å². The summed E-state index contributed by atoms with van der Waals surface area (Å²) in [5.41, 5.74) is 1.96. The Labute approximate surface area is 149 Å². The van der Waals surface area contributed by atoms with Crippen LogP contribution in [0.5, 0.6) is 0 Å². The van der Waals surface area contributed by atoms with E-state index in [9.17, 15) is 4.79 Å². The fourth-order valence-electron chi connectivity index (χ4n) is 2.67. The summed E-state index contributed by atoms with van der Waals surface area (Å²) in [6.07, 6.45) is 18.6. The van der Waals surface area contributed by atoms with Crippen LogP contribution < -0.4 is 5.43 Å². The summed E-state index contributed by atoms with van der Waals surface area (Å²) >= 11 is 0. The van der Waals surface area contributed by atoms with Gasteiger partial charge in [0.2, 0.25) is 5.43 Å². The molecule has 1 aliphatic heterocycles. The van der Waals surface area contributed by atoms with E-state index in [4.69, 9.17) is 4.74 Å². The lowest BCUT2D eigenvalue weighted by molar-refractivity contribution is 0.205. The van der Waals surface area contributed by atoms with Crippen molar-refractivity contribution in [3.8, 4) is 5.69 Å². The molecule has 0 fully saturated rings. The van der Waals surface area contributed by atoms with Crippen molar-refractivity contribution in [2.45, 2.75) is 12.6 Å². The fraction of sp³-hybridized carbons (Fsp3) is 0.158. The van der Waals surface area contributed by atoms with Gasteiger partial charge in [0.25, 0.3) is 0 Å². The van der Waals surface area contributed by atoms with Gasteiger partial charge >= 0.3 is 0 Å².